The van der Waals surface area contributed by atoms with Crippen molar-refractivity contribution in [2.75, 3.05) is 17.5 Å². The first-order valence-electron chi connectivity index (χ1n) is 11.2. The highest BCUT2D eigenvalue weighted by atomic mass is 32.2. The Kier molecular flexibility index (Phi) is 6.68. The molecule has 0 spiro atoms. The molecule has 0 radical (unpaired) electrons. The summed E-state index contributed by atoms with van der Waals surface area (Å²) in [5.74, 6) is -0.202. The van der Waals surface area contributed by atoms with Gasteiger partial charge in [0.2, 0.25) is 10.0 Å². The Bertz CT molecular complexity index is 1360. The maximum absolute atomic E-state index is 12.2. The van der Waals surface area contributed by atoms with Crippen molar-refractivity contribution in [3.8, 4) is 11.1 Å². The summed E-state index contributed by atoms with van der Waals surface area (Å²) in [6.07, 6.45) is 2.68. The molecule has 6 nitrogen and oxygen atoms in total. The van der Waals surface area contributed by atoms with E-state index in [1.807, 2.05) is 48.5 Å². The molecule has 1 aliphatic heterocycles. The van der Waals surface area contributed by atoms with Gasteiger partial charge in [0.15, 0.2) is 11.6 Å². The predicted molar refractivity (Wildman–Crippen MR) is 135 cm³/mol. The molecule has 0 saturated heterocycles. The SMILES string of the molecule is CC(=O)c1cc2c(cc1C(C)=O)C(Cc1ccc(-c3ccccc3NS(C)(=O)=O)cc1)NCC2. The zero-order chi connectivity index (χ0) is 24.5. The largest absolute Gasteiger partial charge is 0.309 e. The van der Waals surface area contributed by atoms with E-state index in [1.54, 1.807) is 12.1 Å². The number of carbonyl (C=O) groups excluding carboxylic acids is 2. The standard InChI is InChI=1S/C27H28N2O4S/c1-17(30)23-15-21-12-13-28-27(25(21)16-24(23)18(2)31)14-19-8-10-20(11-9-19)22-6-4-5-7-26(22)29-34(3,32)33/h4-11,15-16,27-29H,12-14H2,1-3H3. The Morgan fingerprint density at radius 2 is 1.62 bits per heavy atom. The number of fused-ring (bicyclic) bond motifs is 1. The van der Waals surface area contributed by atoms with Gasteiger partial charge in [-0.05, 0) is 73.7 Å². The van der Waals surface area contributed by atoms with Crippen LogP contribution in [-0.2, 0) is 22.9 Å². The summed E-state index contributed by atoms with van der Waals surface area (Å²) in [7, 11) is -3.39. The summed E-state index contributed by atoms with van der Waals surface area (Å²) in [6, 6.07) is 19.2. The van der Waals surface area contributed by atoms with Gasteiger partial charge < -0.3 is 5.32 Å². The number of hydrogen-bond acceptors (Lipinski definition) is 5. The second-order valence-corrected chi connectivity index (χ2v) is 10.5. The Morgan fingerprint density at radius 3 is 2.26 bits per heavy atom. The number of Topliss-reactive ketones (excluding diaryl/α,β-unsaturated/α-hetero) is 2. The van der Waals surface area contributed by atoms with E-state index in [1.165, 1.54) is 13.8 Å². The van der Waals surface area contributed by atoms with Gasteiger partial charge >= 0.3 is 0 Å². The van der Waals surface area contributed by atoms with Crippen molar-refractivity contribution in [1.82, 2.24) is 5.32 Å². The molecule has 1 aliphatic rings. The monoisotopic (exact) mass is 476 g/mol. The van der Waals surface area contributed by atoms with Gasteiger partial charge in [-0.1, -0.05) is 42.5 Å². The number of carbonyl (C=O) groups is 2. The van der Waals surface area contributed by atoms with Gasteiger partial charge in [-0.2, -0.15) is 0 Å². The molecule has 4 rings (SSSR count). The van der Waals surface area contributed by atoms with Crippen LogP contribution in [0.2, 0.25) is 0 Å². The highest BCUT2D eigenvalue weighted by Gasteiger charge is 2.24. The first-order valence-corrected chi connectivity index (χ1v) is 13.1. The van der Waals surface area contributed by atoms with E-state index in [0.717, 1.165) is 53.5 Å². The summed E-state index contributed by atoms with van der Waals surface area (Å²) in [4.78, 5) is 24.3. The summed E-state index contributed by atoms with van der Waals surface area (Å²) in [6.45, 7) is 3.80. The molecule has 0 aromatic heterocycles. The van der Waals surface area contributed by atoms with Crippen molar-refractivity contribution in [1.29, 1.82) is 0 Å². The molecule has 1 atom stereocenters. The molecule has 0 bridgehead atoms. The fraction of sp³-hybridized carbons (Fsp3) is 0.259. The van der Waals surface area contributed by atoms with Crippen molar-refractivity contribution in [2.45, 2.75) is 32.7 Å². The molecule has 3 aromatic rings. The van der Waals surface area contributed by atoms with Gasteiger partial charge in [0, 0.05) is 22.7 Å². The van der Waals surface area contributed by atoms with Gasteiger partial charge in [-0.15, -0.1) is 0 Å². The minimum Gasteiger partial charge on any atom is -0.309 e. The van der Waals surface area contributed by atoms with E-state index in [4.69, 9.17) is 0 Å². The lowest BCUT2D eigenvalue weighted by Crippen LogP contribution is -2.32. The average Bonchev–Trinajstić information content (AvgIpc) is 2.78. The first-order chi connectivity index (χ1) is 16.1. The van der Waals surface area contributed by atoms with E-state index in [-0.39, 0.29) is 17.6 Å². The zero-order valence-electron chi connectivity index (χ0n) is 19.5. The lowest BCUT2D eigenvalue weighted by atomic mass is 9.85. The number of para-hydroxylation sites is 1. The highest BCUT2D eigenvalue weighted by molar-refractivity contribution is 7.92. The Labute approximate surface area is 200 Å². The third-order valence-corrected chi connectivity index (χ3v) is 6.72. The zero-order valence-corrected chi connectivity index (χ0v) is 20.3. The van der Waals surface area contributed by atoms with Gasteiger partial charge in [0.05, 0.1) is 11.9 Å². The number of nitrogens with one attached hydrogen (secondary N) is 2. The molecule has 7 heteroatoms. The van der Waals surface area contributed by atoms with Crippen LogP contribution in [0.4, 0.5) is 5.69 Å². The number of ketones is 2. The van der Waals surface area contributed by atoms with Crippen LogP contribution in [0.15, 0.2) is 60.7 Å². The average molecular weight is 477 g/mol. The summed E-state index contributed by atoms with van der Waals surface area (Å²) in [5.41, 5.74) is 6.52. The van der Waals surface area contributed by atoms with Crippen molar-refractivity contribution < 1.29 is 18.0 Å². The van der Waals surface area contributed by atoms with Crippen LogP contribution in [-0.4, -0.2) is 32.8 Å². The molecule has 1 heterocycles. The Balaban J connectivity index is 1.61. The molecule has 176 valence electrons. The topological polar surface area (TPSA) is 92.3 Å². The van der Waals surface area contributed by atoms with E-state index >= 15 is 0 Å². The van der Waals surface area contributed by atoms with Crippen LogP contribution in [0.5, 0.6) is 0 Å². The van der Waals surface area contributed by atoms with Gasteiger partial charge in [-0.3, -0.25) is 14.3 Å². The van der Waals surface area contributed by atoms with Crippen LogP contribution in [0.1, 0.15) is 57.3 Å². The van der Waals surface area contributed by atoms with E-state index in [0.29, 0.717) is 16.8 Å². The van der Waals surface area contributed by atoms with E-state index < -0.39 is 10.0 Å². The molecular weight excluding hydrogens is 448 g/mol. The van der Waals surface area contributed by atoms with Crippen molar-refractivity contribution in [3.63, 3.8) is 0 Å². The van der Waals surface area contributed by atoms with Crippen molar-refractivity contribution in [3.05, 3.63) is 88.5 Å². The Morgan fingerprint density at radius 1 is 0.971 bits per heavy atom. The van der Waals surface area contributed by atoms with Crippen LogP contribution < -0.4 is 10.0 Å². The quantitative estimate of drug-likeness (QED) is 0.488. The number of benzene rings is 3. The summed E-state index contributed by atoms with van der Waals surface area (Å²) < 4.78 is 26.0. The van der Waals surface area contributed by atoms with Crippen LogP contribution in [0.3, 0.4) is 0 Å². The number of sulfonamides is 1. The molecule has 2 N–H and O–H groups in total. The van der Waals surface area contributed by atoms with Crippen LogP contribution in [0.25, 0.3) is 11.1 Å². The molecular formula is C27H28N2O4S. The molecule has 0 fully saturated rings. The second kappa shape index (κ2) is 9.52. The predicted octanol–water partition coefficient (Wildman–Crippen LogP) is 4.56. The first kappa shape index (κ1) is 23.9. The van der Waals surface area contributed by atoms with Crippen LogP contribution >= 0.6 is 0 Å². The lowest BCUT2D eigenvalue weighted by Gasteiger charge is -2.28. The normalized spacial score (nSPS) is 15.4. The highest BCUT2D eigenvalue weighted by Crippen LogP contribution is 2.32. The molecule has 1 unspecified atom stereocenters. The maximum Gasteiger partial charge on any atom is 0.229 e. The second-order valence-electron chi connectivity index (χ2n) is 8.79. The minimum atomic E-state index is -3.39. The third-order valence-electron chi connectivity index (χ3n) is 6.13. The van der Waals surface area contributed by atoms with Crippen molar-refractivity contribution in [2.24, 2.45) is 0 Å². The number of rotatable bonds is 7. The molecule has 0 amide bonds. The Hall–Kier alpha value is -3.29. The smallest absolute Gasteiger partial charge is 0.229 e. The van der Waals surface area contributed by atoms with Crippen LogP contribution in [0, 0.1) is 0 Å². The molecule has 0 aliphatic carbocycles. The summed E-state index contributed by atoms with van der Waals surface area (Å²) in [5, 5.41) is 3.55. The fourth-order valence-electron chi connectivity index (χ4n) is 4.54. The van der Waals surface area contributed by atoms with Gasteiger partial charge in [0.1, 0.15) is 0 Å². The van der Waals surface area contributed by atoms with Crippen molar-refractivity contribution >= 4 is 27.3 Å². The molecule has 0 saturated carbocycles. The van der Waals surface area contributed by atoms with E-state index in [9.17, 15) is 18.0 Å². The maximum atomic E-state index is 12.2. The molecule has 3 aromatic carbocycles. The summed E-state index contributed by atoms with van der Waals surface area (Å²) >= 11 is 0. The van der Waals surface area contributed by atoms with Gasteiger partial charge in [-0.25, -0.2) is 8.42 Å². The lowest BCUT2D eigenvalue weighted by molar-refractivity contribution is 0.0980. The fourth-order valence-corrected chi connectivity index (χ4v) is 5.12. The number of hydrogen-bond donors (Lipinski definition) is 2. The number of anilines is 1. The molecule has 34 heavy (non-hydrogen) atoms. The van der Waals surface area contributed by atoms with E-state index in [2.05, 4.69) is 10.0 Å². The minimum absolute atomic E-state index is 0.0351. The third kappa shape index (κ3) is 5.26. The van der Waals surface area contributed by atoms with Gasteiger partial charge in [0.25, 0.3) is 0 Å².